The zero-order valence-electron chi connectivity index (χ0n) is 15.7. The smallest absolute Gasteiger partial charge is 0.253 e. The van der Waals surface area contributed by atoms with E-state index in [1.807, 2.05) is 41.3 Å². The number of rotatable bonds is 4. The van der Waals surface area contributed by atoms with Crippen LogP contribution in [0.1, 0.15) is 28.2 Å². The van der Waals surface area contributed by atoms with Crippen LogP contribution in [0.2, 0.25) is 10.0 Å². The molecule has 0 atom stereocenters. The van der Waals surface area contributed by atoms with Crippen LogP contribution in [0.15, 0.2) is 48.5 Å². The molecule has 2 heterocycles. The first-order valence-corrected chi connectivity index (χ1v) is 11.0. The summed E-state index contributed by atoms with van der Waals surface area (Å²) in [5, 5.41) is 2.21. The highest BCUT2D eigenvalue weighted by molar-refractivity contribution is 7.09. The lowest BCUT2D eigenvalue weighted by Crippen LogP contribution is -2.35. The topological polar surface area (TPSA) is 49.3 Å². The average molecular weight is 447 g/mol. The second kappa shape index (κ2) is 9.11. The Hall–Kier alpha value is -2.15. The van der Waals surface area contributed by atoms with Crippen molar-refractivity contribution < 1.29 is 4.79 Å². The summed E-state index contributed by atoms with van der Waals surface area (Å²) in [4.78, 5) is 21.6. The number of aromatic nitrogens is 2. The highest BCUT2D eigenvalue weighted by Crippen LogP contribution is 2.22. The summed E-state index contributed by atoms with van der Waals surface area (Å²) in [7, 11) is 0. The molecule has 0 N–H and O–H groups in total. The molecule has 4 rings (SSSR count). The SMILES string of the molecule is O=C(c1cccc(Cl)c1)N1CCCN(c2nc(Cc3ccc(Cl)cc3)ns2)CC1. The predicted molar refractivity (Wildman–Crippen MR) is 118 cm³/mol. The molecule has 1 aliphatic rings. The molecule has 1 amide bonds. The van der Waals surface area contributed by atoms with E-state index >= 15 is 0 Å². The van der Waals surface area contributed by atoms with Gasteiger partial charge in [-0.15, -0.1) is 0 Å². The normalized spacial score (nSPS) is 14.7. The summed E-state index contributed by atoms with van der Waals surface area (Å²) in [6.07, 6.45) is 1.57. The van der Waals surface area contributed by atoms with Crippen molar-refractivity contribution in [3.05, 3.63) is 75.5 Å². The third-order valence-electron chi connectivity index (χ3n) is 4.86. The van der Waals surface area contributed by atoms with Crippen molar-refractivity contribution in [2.24, 2.45) is 0 Å². The molecule has 150 valence electrons. The van der Waals surface area contributed by atoms with Crippen molar-refractivity contribution in [1.82, 2.24) is 14.3 Å². The minimum atomic E-state index is 0.0232. The van der Waals surface area contributed by atoms with Gasteiger partial charge >= 0.3 is 0 Å². The third-order valence-corrected chi connectivity index (χ3v) is 6.16. The number of hydrogen-bond acceptors (Lipinski definition) is 5. The Morgan fingerprint density at radius 2 is 1.83 bits per heavy atom. The molecule has 3 aromatic rings. The zero-order valence-corrected chi connectivity index (χ0v) is 18.1. The van der Waals surface area contributed by atoms with Crippen LogP contribution in [-0.4, -0.2) is 46.3 Å². The van der Waals surface area contributed by atoms with Gasteiger partial charge in [0.2, 0.25) is 5.13 Å². The average Bonchev–Trinajstić information content (AvgIpc) is 3.04. The van der Waals surface area contributed by atoms with E-state index in [1.165, 1.54) is 11.5 Å². The van der Waals surface area contributed by atoms with Gasteiger partial charge in [-0.3, -0.25) is 4.79 Å². The Balaban J connectivity index is 1.39. The summed E-state index contributed by atoms with van der Waals surface area (Å²) >= 11 is 13.4. The van der Waals surface area contributed by atoms with E-state index in [0.29, 0.717) is 23.6 Å². The Morgan fingerprint density at radius 1 is 1.00 bits per heavy atom. The van der Waals surface area contributed by atoms with Crippen molar-refractivity contribution in [2.75, 3.05) is 31.1 Å². The van der Waals surface area contributed by atoms with Gasteiger partial charge in [0.1, 0.15) is 5.82 Å². The number of amides is 1. The first kappa shape index (κ1) is 20.1. The number of carbonyl (C=O) groups excluding carboxylic acids is 1. The molecule has 0 aliphatic carbocycles. The molecule has 8 heteroatoms. The van der Waals surface area contributed by atoms with E-state index < -0.39 is 0 Å². The summed E-state index contributed by atoms with van der Waals surface area (Å²) in [5.41, 5.74) is 1.76. The molecule has 1 saturated heterocycles. The van der Waals surface area contributed by atoms with Gasteiger partial charge in [-0.05, 0) is 42.3 Å². The quantitative estimate of drug-likeness (QED) is 0.577. The van der Waals surface area contributed by atoms with Crippen LogP contribution in [-0.2, 0) is 6.42 Å². The van der Waals surface area contributed by atoms with Gasteiger partial charge in [0, 0.05) is 59.7 Å². The minimum absolute atomic E-state index is 0.0232. The summed E-state index contributed by atoms with van der Waals surface area (Å²) in [6.45, 7) is 2.96. The van der Waals surface area contributed by atoms with Crippen molar-refractivity contribution in [1.29, 1.82) is 0 Å². The molecule has 0 bridgehead atoms. The summed E-state index contributed by atoms with van der Waals surface area (Å²) in [5.74, 6) is 0.832. The van der Waals surface area contributed by atoms with Crippen LogP contribution < -0.4 is 4.90 Å². The second-order valence-corrected chi connectivity index (χ2v) is 8.54. The fourth-order valence-corrected chi connectivity index (χ4v) is 4.40. The van der Waals surface area contributed by atoms with Crippen LogP contribution in [0.4, 0.5) is 5.13 Å². The molecule has 0 spiro atoms. The summed E-state index contributed by atoms with van der Waals surface area (Å²) in [6, 6.07) is 14.9. The number of anilines is 1. The second-order valence-electron chi connectivity index (χ2n) is 6.94. The molecule has 1 fully saturated rings. The van der Waals surface area contributed by atoms with Crippen molar-refractivity contribution in [3.63, 3.8) is 0 Å². The van der Waals surface area contributed by atoms with Gasteiger partial charge in [0.05, 0.1) is 0 Å². The van der Waals surface area contributed by atoms with Crippen LogP contribution in [0, 0.1) is 0 Å². The van der Waals surface area contributed by atoms with E-state index in [2.05, 4.69) is 9.27 Å². The lowest BCUT2D eigenvalue weighted by atomic mass is 10.1. The largest absolute Gasteiger partial charge is 0.345 e. The van der Waals surface area contributed by atoms with E-state index in [9.17, 15) is 4.79 Å². The van der Waals surface area contributed by atoms with Crippen LogP contribution in [0.25, 0.3) is 0 Å². The van der Waals surface area contributed by atoms with Crippen molar-refractivity contribution in [2.45, 2.75) is 12.8 Å². The maximum absolute atomic E-state index is 12.8. The zero-order chi connectivity index (χ0) is 20.2. The maximum atomic E-state index is 12.8. The van der Waals surface area contributed by atoms with E-state index in [1.54, 1.807) is 12.1 Å². The molecule has 29 heavy (non-hydrogen) atoms. The molecule has 0 radical (unpaired) electrons. The first-order chi connectivity index (χ1) is 14.1. The lowest BCUT2D eigenvalue weighted by molar-refractivity contribution is 0.0767. The Kier molecular flexibility index (Phi) is 6.33. The third kappa shape index (κ3) is 5.07. The maximum Gasteiger partial charge on any atom is 0.253 e. The molecular weight excluding hydrogens is 427 g/mol. The molecule has 1 aromatic heterocycles. The minimum Gasteiger partial charge on any atom is -0.345 e. The van der Waals surface area contributed by atoms with E-state index in [4.69, 9.17) is 28.2 Å². The number of nitrogens with zero attached hydrogens (tertiary/aromatic N) is 4. The highest BCUT2D eigenvalue weighted by Gasteiger charge is 2.22. The van der Waals surface area contributed by atoms with Gasteiger partial charge in [-0.1, -0.05) is 41.4 Å². The standard InChI is InChI=1S/C21H20Cl2N4OS/c22-17-7-5-15(6-8-17)13-19-24-21(29-25-19)27-10-2-9-26(11-12-27)20(28)16-3-1-4-18(23)14-16/h1,3-8,14H,2,9-13H2. The molecule has 0 unspecified atom stereocenters. The van der Waals surface area contributed by atoms with Crippen molar-refractivity contribution in [3.8, 4) is 0 Å². The number of benzene rings is 2. The Bertz CT molecular complexity index is 992. The van der Waals surface area contributed by atoms with Crippen LogP contribution >= 0.6 is 34.7 Å². The van der Waals surface area contributed by atoms with Crippen LogP contribution in [0.5, 0.6) is 0 Å². The fourth-order valence-electron chi connectivity index (χ4n) is 3.35. The lowest BCUT2D eigenvalue weighted by Gasteiger charge is -2.21. The number of halogens is 2. The van der Waals surface area contributed by atoms with Gasteiger partial charge in [0.15, 0.2) is 0 Å². The summed E-state index contributed by atoms with van der Waals surface area (Å²) < 4.78 is 4.51. The van der Waals surface area contributed by atoms with Crippen LogP contribution in [0.3, 0.4) is 0 Å². The number of hydrogen-bond donors (Lipinski definition) is 0. The van der Waals surface area contributed by atoms with Gasteiger partial charge in [-0.2, -0.15) is 4.37 Å². The van der Waals surface area contributed by atoms with Gasteiger partial charge < -0.3 is 9.80 Å². The van der Waals surface area contributed by atoms with Crippen molar-refractivity contribution >= 4 is 45.8 Å². The van der Waals surface area contributed by atoms with E-state index in [0.717, 1.165) is 47.6 Å². The molecular formula is C21H20Cl2N4OS. The van der Waals surface area contributed by atoms with Gasteiger partial charge in [0.25, 0.3) is 5.91 Å². The molecule has 1 aliphatic heterocycles. The Morgan fingerprint density at radius 3 is 2.62 bits per heavy atom. The highest BCUT2D eigenvalue weighted by atomic mass is 35.5. The van der Waals surface area contributed by atoms with Gasteiger partial charge in [-0.25, -0.2) is 4.98 Å². The predicted octanol–water partition coefficient (Wildman–Crippen LogP) is 4.79. The molecule has 0 saturated carbocycles. The molecule has 5 nitrogen and oxygen atoms in total. The monoisotopic (exact) mass is 446 g/mol. The van der Waals surface area contributed by atoms with E-state index in [-0.39, 0.29) is 5.91 Å². The Labute approximate surface area is 184 Å². The molecule has 2 aromatic carbocycles. The number of carbonyl (C=O) groups is 1. The first-order valence-electron chi connectivity index (χ1n) is 9.45. The fraction of sp³-hybridized carbons (Fsp3) is 0.286.